The molecule has 1 aliphatic heterocycles. The molecule has 0 unspecified atom stereocenters. The summed E-state index contributed by atoms with van der Waals surface area (Å²) in [5, 5.41) is 4.80. The van der Waals surface area contributed by atoms with Crippen molar-refractivity contribution < 1.29 is 13.2 Å². The summed E-state index contributed by atoms with van der Waals surface area (Å²) in [6.45, 7) is 0.0370. The molecule has 0 aliphatic carbocycles. The van der Waals surface area contributed by atoms with E-state index in [9.17, 15) is 8.42 Å². The van der Waals surface area contributed by atoms with E-state index in [0.717, 1.165) is 0 Å². The van der Waals surface area contributed by atoms with E-state index in [-0.39, 0.29) is 11.5 Å². The van der Waals surface area contributed by atoms with Gasteiger partial charge in [-0.05, 0) is 12.2 Å². The smallest absolute Gasteiger partial charge is 0.237 e. The normalized spacial score (nSPS) is 17.9. The summed E-state index contributed by atoms with van der Waals surface area (Å²) in [7, 11) is -3.54. The van der Waals surface area contributed by atoms with Crippen LogP contribution in [0.15, 0.2) is 23.3 Å². The van der Waals surface area contributed by atoms with Gasteiger partial charge in [-0.25, -0.2) is 13.6 Å². The lowest BCUT2D eigenvalue weighted by Crippen LogP contribution is -2.18. The highest BCUT2D eigenvalue weighted by atomic mass is 32.2. The highest BCUT2D eigenvalue weighted by Crippen LogP contribution is 2.06. The van der Waals surface area contributed by atoms with Gasteiger partial charge in [0.05, 0.1) is 11.2 Å². The molecule has 0 aromatic heterocycles. The first-order valence-corrected chi connectivity index (χ1v) is 4.15. The molecule has 0 fully saturated rings. The van der Waals surface area contributed by atoms with Crippen molar-refractivity contribution in [3.63, 3.8) is 0 Å². The van der Waals surface area contributed by atoms with Crippen LogP contribution in [-0.2, 0) is 14.8 Å². The van der Waals surface area contributed by atoms with Gasteiger partial charge in [0.25, 0.3) is 0 Å². The summed E-state index contributed by atoms with van der Waals surface area (Å²) >= 11 is 0. The minimum absolute atomic E-state index is 0.0370. The number of nitrogens with two attached hydrogens (primary N) is 1. The molecule has 1 rings (SSSR count). The Bertz CT molecular complexity index is 275. The van der Waals surface area contributed by atoms with Crippen molar-refractivity contribution in [2.24, 2.45) is 5.14 Å². The van der Waals surface area contributed by atoms with Gasteiger partial charge < -0.3 is 4.74 Å². The Morgan fingerprint density at radius 3 is 2.60 bits per heavy atom. The summed E-state index contributed by atoms with van der Waals surface area (Å²) < 4.78 is 25.9. The van der Waals surface area contributed by atoms with E-state index < -0.39 is 10.0 Å². The van der Waals surface area contributed by atoms with Crippen molar-refractivity contribution in [3.05, 3.63) is 23.3 Å². The summed E-state index contributed by atoms with van der Waals surface area (Å²) in [5.74, 6) is 0. The number of sulfonamides is 1. The third-order valence-electron chi connectivity index (χ3n) is 1.05. The van der Waals surface area contributed by atoms with Crippen LogP contribution < -0.4 is 5.14 Å². The maximum absolute atomic E-state index is 10.6. The van der Waals surface area contributed by atoms with Crippen molar-refractivity contribution in [2.45, 2.75) is 0 Å². The Balaban J connectivity index is 2.93. The number of hydrogen-bond acceptors (Lipinski definition) is 3. The van der Waals surface area contributed by atoms with Gasteiger partial charge in [0.1, 0.15) is 6.61 Å². The van der Waals surface area contributed by atoms with E-state index in [1.807, 2.05) is 0 Å². The van der Waals surface area contributed by atoms with Crippen LogP contribution in [0.5, 0.6) is 0 Å². The SMILES string of the molecule is NS(=O)(=O)C1=CC=COC1. The molecule has 1 heterocycles. The van der Waals surface area contributed by atoms with Crippen LogP contribution in [0.1, 0.15) is 0 Å². The topological polar surface area (TPSA) is 69.4 Å². The molecule has 5 heteroatoms. The molecule has 0 amide bonds. The summed E-state index contributed by atoms with van der Waals surface area (Å²) in [5.41, 5.74) is 0. The van der Waals surface area contributed by atoms with Crippen LogP contribution in [0.2, 0.25) is 0 Å². The zero-order valence-corrected chi connectivity index (χ0v) is 5.97. The first kappa shape index (κ1) is 7.30. The fourth-order valence-corrected chi connectivity index (χ4v) is 1.06. The molecule has 0 bridgehead atoms. The van der Waals surface area contributed by atoms with Gasteiger partial charge in [0.15, 0.2) is 0 Å². The van der Waals surface area contributed by atoms with Crippen LogP contribution in [-0.4, -0.2) is 15.0 Å². The monoisotopic (exact) mass is 161 g/mol. The Morgan fingerprint density at radius 1 is 1.60 bits per heavy atom. The average molecular weight is 161 g/mol. The van der Waals surface area contributed by atoms with E-state index in [1.165, 1.54) is 18.4 Å². The number of allylic oxidation sites excluding steroid dienone is 2. The van der Waals surface area contributed by atoms with Crippen molar-refractivity contribution in [3.8, 4) is 0 Å². The summed E-state index contributed by atoms with van der Waals surface area (Å²) in [6.07, 6.45) is 4.32. The first-order chi connectivity index (χ1) is 4.61. The molecule has 0 spiro atoms. The van der Waals surface area contributed by atoms with E-state index in [4.69, 9.17) is 9.88 Å². The van der Waals surface area contributed by atoms with E-state index in [1.54, 1.807) is 0 Å². The molecule has 0 saturated heterocycles. The van der Waals surface area contributed by atoms with Gasteiger partial charge in [0.2, 0.25) is 10.0 Å². The maximum Gasteiger partial charge on any atom is 0.237 e. The Kier molecular flexibility index (Phi) is 1.78. The fraction of sp³-hybridized carbons (Fsp3) is 0.200. The first-order valence-electron chi connectivity index (χ1n) is 2.61. The predicted octanol–water partition coefficient (Wildman–Crippen LogP) is -0.297. The minimum Gasteiger partial charge on any atom is -0.496 e. The molecular weight excluding hydrogens is 154 g/mol. The molecule has 0 aromatic carbocycles. The van der Waals surface area contributed by atoms with Gasteiger partial charge in [-0.15, -0.1) is 0 Å². The number of ether oxygens (including phenoxy) is 1. The van der Waals surface area contributed by atoms with Crippen LogP contribution in [0.25, 0.3) is 0 Å². The third-order valence-corrected chi connectivity index (χ3v) is 2.03. The van der Waals surface area contributed by atoms with Crippen LogP contribution in [0.3, 0.4) is 0 Å². The Hall–Kier alpha value is -0.810. The average Bonchev–Trinajstić information content (AvgIpc) is 1.88. The van der Waals surface area contributed by atoms with Gasteiger partial charge in [0, 0.05) is 0 Å². The van der Waals surface area contributed by atoms with Gasteiger partial charge >= 0.3 is 0 Å². The second-order valence-electron chi connectivity index (χ2n) is 1.82. The molecule has 0 atom stereocenters. The highest BCUT2D eigenvalue weighted by Gasteiger charge is 2.12. The molecule has 56 valence electrons. The van der Waals surface area contributed by atoms with E-state index in [0.29, 0.717) is 0 Å². The largest absolute Gasteiger partial charge is 0.496 e. The van der Waals surface area contributed by atoms with Crippen LogP contribution in [0.4, 0.5) is 0 Å². The standard InChI is InChI=1S/C5H7NO3S/c6-10(7,8)5-2-1-3-9-4-5/h1-3H,4H2,(H2,6,7,8). The number of primary sulfonamides is 1. The van der Waals surface area contributed by atoms with Crippen molar-refractivity contribution >= 4 is 10.0 Å². The quantitative estimate of drug-likeness (QED) is 0.574. The maximum atomic E-state index is 10.6. The molecule has 0 radical (unpaired) electrons. The van der Waals surface area contributed by atoms with Gasteiger partial charge in [-0.1, -0.05) is 0 Å². The Morgan fingerprint density at radius 2 is 2.30 bits per heavy atom. The molecule has 0 aromatic rings. The lowest BCUT2D eigenvalue weighted by molar-refractivity contribution is 0.281. The molecule has 1 aliphatic rings. The third kappa shape index (κ3) is 1.58. The fourth-order valence-electron chi connectivity index (χ4n) is 0.557. The number of hydrogen-bond donors (Lipinski definition) is 1. The molecule has 10 heavy (non-hydrogen) atoms. The summed E-state index contributed by atoms with van der Waals surface area (Å²) in [6, 6.07) is 0. The van der Waals surface area contributed by atoms with Crippen LogP contribution in [0, 0.1) is 0 Å². The van der Waals surface area contributed by atoms with Gasteiger partial charge in [-0.2, -0.15) is 0 Å². The predicted molar refractivity (Wildman–Crippen MR) is 36.3 cm³/mol. The van der Waals surface area contributed by atoms with E-state index >= 15 is 0 Å². The lowest BCUT2D eigenvalue weighted by atomic mass is 10.4. The minimum atomic E-state index is -3.54. The second-order valence-corrected chi connectivity index (χ2v) is 3.43. The Labute approximate surface area is 59.0 Å². The number of rotatable bonds is 1. The van der Waals surface area contributed by atoms with E-state index in [2.05, 4.69) is 0 Å². The highest BCUT2D eigenvalue weighted by molar-refractivity contribution is 7.93. The zero-order chi connectivity index (χ0) is 7.61. The van der Waals surface area contributed by atoms with Crippen molar-refractivity contribution in [1.29, 1.82) is 0 Å². The van der Waals surface area contributed by atoms with Crippen LogP contribution >= 0.6 is 0 Å². The zero-order valence-electron chi connectivity index (χ0n) is 5.15. The molecule has 2 N–H and O–H groups in total. The van der Waals surface area contributed by atoms with Gasteiger partial charge in [-0.3, -0.25) is 0 Å². The summed E-state index contributed by atoms with van der Waals surface area (Å²) in [4.78, 5) is 0.106. The second kappa shape index (κ2) is 2.43. The van der Waals surface area contributed by atoms with Crippen molar-refractivity contribution in [2.75, 3.05) is 6.61 Å². The van der Waals surface area contributed by atoms with Crippen molar-refractivity contribution in [1.82, 2.24) is 0 Å². The lowest BCUT2D eigenvalue weighted by Gasteiger charge is -2.06. The molecular formula is C5H7NO3S. The molecule has 4 nitrogen and oxygen atoms in total. The molecule has 0 saturated carbocycles.